The number of rotatable bonds is 5. The highest BCUT2D eigenvalue weighted by Crippen LogP contribution is 2.24. The van der Waals surface area contributed by atoms with E-state index in [-0.39, 0.29) is 12.5 Å². The molecular formula is C16H23NO3. The second-order valence-electron chi connectivity index (χ2n) is 5.52. The quantitative estimate of drug-likeness (QED) is 0.899. The second-order valence-corrected chi connectivity index (χ2v) is 5.52. The molecule has 0 amide bonds. The van der Waals surface area contributed by atoms with Crippen LogP contribution in [0.3, 0.4) is 0 Å². The molecule has 1 unspecified atom stereocenters. The highest BCUT2D eigenvalue weighted by atomic mass is 16.5. The fraction of sp³-hybridized carbons (Fsp3) is 0.562. The van der Waals surface area contributed by atoms with E-state index in [2.05, 4.69) is 24.8 Å². The molecule has 0 radical (unpaired) electrons. The maximum atomic E-state index is 10.6. The van der Waals surface area contributed by atoms with Crippen molar-refractivity contribution < 1.29 is 14.6 Å². The number of aryl methyl sites for hydroxylation is 1. The fourth-order valence-corrected chi connectivity index (χ4v) is 2.60. The molecule has 0 spiro atoms. The minimum Gasteiger partial charge on any atom is -0.489 e. The molecule has 1 aliphatic heterocycles. The Morgan fingerprint density at radius 2 is 2.25 bits per heavy atom. The number of hydrogen-bond acceptors (Lipinski definition) is 3. The normalized spacial score (nSPS) is 19.8. The smallest absolute Gasteiger partial charge is 0.304 e. The zero-order chi connectivity index (χ0) is 14.5. The number of hydrogen-bond donors (Lipinski definition) is 1. The Labute approximate surface area is 120 Å². The Bertz CT molecular complexity index is 473. The number of piperidine rings is 1. The molecule has 0 saturated carbocycles. The summed E-state index contributed by atoms with van der Waals surface area (Å²) in [6.45, 7) is 6.57. The van der Waals surface area contributed by atoms with Crippen LogP contribution >= 0.6 is 0 Å². The summed E-state index contributed by atoms with van der Waals surface area (Å²) in [4.78, 5) is 12.8. The zero-order valence-electron chi connectivity index (χ0n) is 12.3. The van der Waals surface area contributed by atoms with Gasteiger partial charge in [0, 0.05) is 13.1 Å². The van der Waals surface area contributed by atoms with E-state index in [1.54, 1.807) is 0 Å². The maximum absolute atomic E-state index is 10.6. The molecule has 0 aromatic heterocycles. The van der Waals surface area contributed by atoms with Gasteiger partial charge < -0.3 is 9.84 Å². The van der Waals surface area contributed by atoms with E-state index < -0.39 is 5.97 Å². The molecular weight excluding hydrogens is 254 g/mol. The lowest BCUT2D eigenvalue weighted by Crippen LogP contribution is -2.42. The van der Waals surface area contributed by atoms with Gasteiger partial charge in [0.2, 0.25) is 0 Å². The molecule has 1 aromatic carbocycles. The molecule has 0 bridgehead atoms. The third-order valence-corrected chi connectivity index (χ3v) is 3.95. The van der Waals surface area contributed by atoms with Gasteiger partial charge in [0.25, 0.3) is 0 Å². The minimum absolute atomic E-state index is 0.165. The van der Waals surface area contributed by atoms with E-state index in [1.807, 2.05) is 12.1 Å². The summed E-state index contributed by atoms with van der Waals surface area (Å²) in [5.41, 5.74) is 2.43. The third-order valence-electron chi connectivity index (χ3n) is 3.95. The Kier molecular flexibility index (Phi) is 5.01. The van der Waals surface area contributed by atoms with Crippen LogP contribution < -0.4 is 4.74 Å². The standard InChI is InChI=1S/C16H23NO3/c1-12-5-3-7-15(13(12)2)20-14-6-4-9-17(11-14)10-8-16(18)19/h3,5,7,14H,4,6,8-11H2,1-2H3,(H,18,19). The van der Waals surface area contributed by atoms with E-state index in [1.165, 1.54) is 11.1 Å². The van der Waals surface area contributed by atoms with Gasteiger partial charge in [0.05, 0.1) is 6.42 Å². The molecule has 4 heteroatoms. The highest BCUT2D eigenvalue weighted by Gasteiger charge is 2.22. The van der Waals surface area contributed by atoms with Crippen molar-refractivity contribution >= 4 is 5.97 Å². The average molecular weight is 277 g/mol. The van der Waals surface area contributed by atoms with Gasteiger partial charge in [-0.3, -0.25) is 9.69 Å². The highest BCUT2D eigenvalue weighted by molar-refractivity contribution is 5.66. The maximum Gasteiger partial charge on any atom is 0.304 e. The number of aliphatic carboxylic acids is 1. The van der Waals surface area contributed by atoms with Gasteiger partial charge in [-0.25, -0.2) is 0 Å². The van der Waals surface area contributed by atoms with Crippen molar-refractivity contribution in [2.45, 2.75) is 39.2 Å². The predicted molar refractivity (Wildman–Crippen MR) is 78.3 cm³/mol. The van der Waals surface area contributed by atoms with E-state index in [0.717, 1.165) is 31.7 Å². The monoisotopic (exact) mass is 277 g/mol. The number of carbonyl (C=O) groups is 1. The third kappa shape index (κ3) is 3.97. The number of ether oxygens (including phenoxy) is 1. The van der Waals surface area contributed by atoms with Crippen molar-refractivity contribution in [1.82, 2.24) is 4.90 Å². The summed E-state index contributed by atoms with van der Waals surface area (Å²) in [6.07, 6.45) is 2.47. The van der Waals surface area contributed by atoms with Crippen LogP contribution in [0.25, 0.3) is 0 Å². The van der Waals surface area contributed by atoms with Gasteiger partial charge in [0.1, 0.15) is 11.9 Å². The molecule has 1 fully saturated rings. The summed E-state index contributed by atoms with van der Waals surface area (Å²) in [7, 11) is 0. The first kappa shape index (κ1) is 14.9. The van der Waals surface area contributed by atoms with Crippen LogP contribution in [-0.4, -0.2) is 41.7 Å². The van der Waals surface area contributed by atoms with Crippen LogP contribution in [0.2, 0.25) is 0 Å². The van der Waals surface area contributed by atoms with Crippen LogP contribution in [0.5, 0.6) is 5.75 Å². The number of benzene rings is 1. The molecule has 20 heavy (non-hydrogen) atoms. The Morgan fingerprint density at radius 3 is 3.00 bits per heavy atom. The molecule has 1 atom stereocenters. The Morgan fingerprint density at radius 1 is 1.45 bits per heavy atom. The zero-order valence-corrected chi connectivity index (χ0v) is 12.3. The first-order valence-corrected chi connectivity index (χ1v) is 7.23. The number of likely N-dealkylation sites (tertiary alicyclic amines) is 1. The lowest BCUT2D eigenvalue weighted by atomic mass is 10.1. The van der Waals surface area contributed by atoms with Crippen molar-refractivity contribution in [3.8, 4) is 5.75 Å². The van der Waals surface area contributed by atoms with Crippen molar-refractivity contribution in [2.24, 2.45) is 0 Å². The van der Waals surface area contributed by atoms with Crippen molar-refractivity contribution in [3.63, 3.8) is 0 Å². The fourth-order valence-electron chi connectivity index (χ4n) is 2.60. The number of nitrogens with zero attached hydrogens (tertiary/aromatic N) is 1. The van der Waals surface area contributed by atoms with Crippen LogP contribution in [-0.2, 0) is 4.79 Å². The second kappa shape index (κ2) is 6.75. The molecule has 1 aliphatic rings. The van der Waals surface area contributed by atoms with Gasteiger partial charge in [-0.1, -0.05) is 12.1 Å². The van der Waals surface area contributed by atoms with E-state index in [0.29, 0.717) is 6.54 Å². The molecule has 2 rings (SSSR count). The van der Waals surface area contributed by atoms with Gasteiger partial charge in [-0.15, -0.1) is 0 Å². The number of carboxylic acid groups (broad SMARTS) is 1. The summed E-state index contributed by atoms with van der Waals surface area (Å²) in [5, 5.41) is 8.75. The molecule has 1 N–H and O–H groups in total. The van der Waals surface area contributed by atoms with Crippen molar-refractivity contribution in [3.05, 3.63) is 29.3 Å². The lowest BCUT2D eigenvalue weighted by Gasteiger charge is -2.33. The molecule has 4 nitrogen and oxygen atoms in total. The SMILES string of the molecule is Cc1cccc(OC2CCCN(CCC(=O)O)C2)c1C. The lowest BCUT2D eigenvalue weighted by molar-refractivity contribution is -0.137. The topological polar surface area (TPSA) is 49.8 Å². The molecule has 1 heterocycles. The minimum atomic E-state index is -0.734. The summed E-state index contributed by atoms with van der Waals surface area (Å²) >= 11 is 0. The first-order chi connectivity index (χ1) is 9.56. The van der Waals surface area contributed by atoms with Gasteiger partial charge in [-0.2, -0.15) is 0 Å². The van der Waals surface area contributed by atoms with Gasteiger partial charge in [-0.05, 0) is 50.4 Å². The largest absolute Gasteiger partial charge is 0.489 e. The summed E-state index contributed by atoms with van der Waals surface area (Å²) in [6, 6.07) is 6.11. The van der Waals surface area contributed by atoms with Crippen molar-refractivity contribution in [1.29, 1.82) is 0 Å². The molecule has 1 saturated heterocycles. The van der Waals surface area contributed by atoms with Gasteiger partial charge in [0.15, 0.2) is 0 Å². The molecule has 1 aromatic rings. The van der Waals surface area contributed by atoms with Crippen LogP contribution in [0.1, 0.15) is 30.4 Å². The Hall–Kier alpha value is -1.55. The van der Waals surface area contributed by atoms with Crippen LogP contribution in [0, 0.1) is 13.8 Å². The average Bonchev–Trinajstić information content (AvgIpc) is 2.42. The van der Waals surface area contributed by atoms with E-state index in [4.69, 9.17) is 9.84 Å². The molecule has 110 valence electrons. The first-order valence-electron chi connectivity index (χ1n) is 7.23. The number of carboxylic acids is 1. The molecule has 0 aliphatic carbocycles. The van der Waals surface area contributed by atoms with Crippen LogP contribution in [0.4, 0.5) is 0 Å². The van der Waals surface area contributed by atoms with E-state index >= 15 is 0 Å². The van der Waals surface area contributed by atoms with E-state index in [9.17, 15) is 4.79 Å². The summed E-state index contributed by atoms with van der Waals surface area (Å²) in [5.74, 6) is 0.220. The summed E-state index contributed by atoms with van der Waals surface area (Å²) < 4.78 is 6.11. The predicted octanol–water partition coefficient (Wildman–Crippen LogP) is 2.62. The van der Waals surface area contributed by atoms with Gasteiger partial charge >= 0.3 is 5.97 Å². The van der Waals surface area contributed by atoms with Crippen LogP contribution in [0.15, 0.2) is 18.2 Å². The van der Waals surface area contributed by atoms with Crippen molar-refractivity contribution in [2.75, 3.05) is 19.6 Å². The Balaban J connectivity index is 1.92.